The molecule has 0 unspecified atom stereocenters. The highest BCUT2D eigenvalue weighted by Gasteiger charge is 2.28. The number of hydrogen-bond acceptors (Lipinski definition) is 4. The number of carbonyl (C=O) groups excluding carboxylic acids is 1. The fourth-order valence-corrected chi connectivity index (χ4v) is 4.18. The first-order valence-corrected chi connectivity index (χ1v) is 11.3. The number of ether oxygens (including phenoxy) is 2. The summed E-state index contributed by atoms with van der Waals surface area (Å²) in [4.78, 5) is 13.0. The van der Waals surface area contributed by atoms with Crippen molar-refractivity contribution in [1.29, 1.82) is 0 Å². The van der Waals surface area contributed by atoms with Crippen LogP contribution in [0.4, 0.5) is 5.69 Å². The van der Waals surface area contributed by atoms with E-state index in [0.717, 1.165) is 20.4 Å². The number of hydrazone groups is 1. The highest BCUT2D eigenvalue weighted by atomic mass is 127. The summed E-state index contributed by atoms with van der Waals surface area (Å²) in [5.41, 5.74) is 5.12. The zero-order valence-electron chi connectivity index (χ0n) is 18.1. The van der Waals surface area contributed by atoms with Crippen molar-refractivity contribution in [3.05, 3.63) is 92.6 Å². The summed E-state index contributed by atoms with van der Waals surface area (Å²) in [7, 11) is 1.62. The van der Waals surface area contributed by atoms with Crippen molar-refractivity contribution < 1.29 is 14.3 Å². The smallest absolute Gasteiger partial charge is 0.280 e. The van der Waals surface area contributed by atoms with Gasteiger partial charge in [-0.3, -0.25) is 4.79 Å². The van der Waals surface area contributed by atoms with Crippen molar-refractivity contribution in [3.63, 3.8) is 0 Å². The summed E-state index contributed by atoms with van der Waals surface area (Å²) in [6.07, 6.45) is 1.85. The second kappa shape index (κ2) is 9.56. The predicted molar refractivity (Wildman–Crippen MR) is 136 cm³/mol. The highest BCUT2D eigenvalue weighted by Crippen LogP contribution is 2.36. The number of hydrogen-bond donors (Lipinski definition) is 0. The normalized spacial score (nSPS) is 14.6. The lowest BCUT2D eigenvalue weighted by molar-refractivity contribution is -0.114. The van der Waals surface area contributed by atoms with Crippen LogP contribution in [0.25, 0.3) is 6.08 Å². The number of amides is 1. The summed E-state index contributed by atoms with van der Waals surface area (Å²) >= 11 is 2.23. The van der Waals surface area contributed by atoms with E-state index < -0.39 is 0 Å². The summed E-state index contributed by atoms with van der Waals surface area (Å²) in [6, 6.07) is 21.5. The number of methoxy groups -OCH3 is 1. The minimum atomic E-state index is -0.151. The molecule has 1 aliphatic rings. The van der Waals surface area contributed by atoms with Gasteiger partial charge in [-0.05, 0) is 77.9 Å². The van der Waals surface area contributed by atoms with E-state index in [-0.39, 0.29) is 5.91 Å². The van der Waals surface area contributed by atoms with Crippen molar-refractivity contribution in [3.8, 4) is 11.5 Å². The molecule has 0 bridgehead atoms. The molecule has 5 nitrogen and oxygen atoms in total. The van der Waals surface area contributed by atoms with Gasteiger partial charge in [0.15, 0.2) is 11.5 Å². The SMILES string of the molecule is COc1cc(/C=C2/C(=O)N(c3ccccc3)N=C2C)cc(I)c1OCc1ccc(C)cc1. The molecule has 0 fully saturated rings. The first kappa shape index (κ1) is 22.1. The second-order valence-corrected chi connectivity index (χ2v) is 8.67. The Labute approximate surface area is 201 Å². The Morgan fingerprint density at radius 2 is 1.75 bits per heavy atom. The zero-order valence-corrected chi connectivity index (χ0v) is 20.3. The maximum atomic E-state index is 13.0. The van der Waals surface area contributed by atoms with Crippen LogP contribution in [0.5, 0.6) is 11.5 Å². The quantitative estimate of drug-likeness (QED) is 0.286. The molecule has 3 aromatic carbocycles. The van der Waals surface area contributed by atoms with E-state index in [1.807, 2.05) is 55.5 Å². The zero-order chi connectivity index (χ0) is 22.7. The number of aryl methyl sites for hydroxylation is 1. The average Bonchev–Trinajstić information content (AvgIpc) is 3.08. The van der Waals surface area contributed by atoms with Crippen molar-refractivity contribution >= 4 is 46.0 Å². The molecule has 0 saturated carbocycles. The van der Waals surface area contributed by atoms with Crippen molar-refractivity contribution in [2.45, 2.75) is 20.5 Å². The molecule has 4 rings (SSSR count). The van der Waals surface area contributed by atoms with E-state index in [4.69, 9.17) is 9.47 Å². The summed E-state index contributed by atoms with van der Waals surface area (Å²) in [5, 5.41) is 5.88. The minimum absolute atomic E-state index is 0.151. The summed E-state index contributed by atoms with van der Waals surface area (Å²) in [6.45, 7) is 4.35. The number of para-hydroxylation sites is 1. The monoisotopic (exact) mass is 538 g/mol. The van der Waals surface area contributed by atoms with Gasteiger partial charge in [0, 0.05) is 0 Å². The molecular weight excluding hydrogens is 515 g/mol. The standard InChI is InChI=1S/C26H23IN2O3/c1-17-9-11-19(12-10-17)16-32-25-23(27)14-20(15-24(25)31-3)13-22-18(2)28-29(26(22)30)21-7-5-4-6-8-21/h4-15H,16H2,1-3H3/b22-13+. The third kappa shape index (κ3) is 4.70. The lowest BCUT2D eigenvalue weighted by Crippen LogP contribution is -2.21. The van der Waals surface area contributed by atoms with Crippen molar-refractivity contribution in [2.75, 3.05) is 12.1 Å². The van der Waals surface area contributed by atoms with Crippen LogP contribution in [0.2, 0.25) is 0 Å². The van der Waals surface area contributed by atoms with Crippen LogP contribution >= 0.6 is 22.6 Å². The van der Waals surface area contributed by atoms with Crippen LogP contribution in [-0.4, -0.2) is 18.7 Å². The van der Waals surface area contributed by atoms with E-state index in [1.54, 1.807) is 7.11 Å². The molecule has 0 N–H and O–H groups in total. The fourth-order valence-electron chi connectivity index (χ4n) is 3.40. The van der Waals surface area contributed by atoms with Gasteiger partial charge >= 0.3 is 0 Å². The van der Waals surface area contributed by atoms with Gasteiger partial charge in [0.1, 0.15) is 6.61 Å². The number of nitrogens with zero attached hydrogens (tertiary/aromatic N) is 2. The van der Waals surface area contributed by atoms with E-state index in [2.05, 4.69) is 58.9 Å². The largest absolute Gasteiger partial charge is 0.493 e. The van der Waals surface area contributed by atoms with Gasteiger partial charge in [-0.25, -0.2) is 0 Å². The highest BCUT2D eigenvalue weighted by molar-refractivity contribution is 14.1. The minimum Gasteiger partial charge on any atom is -0.493 e. The number of carbonyl (C=O) groups is 1. The first-order valence-electron chi connectivity index (χ1n) is 10.2. The van der Waals surface area contributed by atoms with E-state index in [0.29, 0.717) is 29.4 Å². The van der Waals surface area contributed by atoms with E-state index in [9.17, 15) is 4.79 Å². The fraction of sp³-hybridized carbons (Fsp3) is 0.154. The van der Waals surface area contributed by atoms with Gasteiger partial charge in [-0.1, -0.05) is 48.0 Å². The number of rotatable bonds is 6. The molecule has 3 aromatic rings. The Balaban J connectivity index is 1.59. The molecular formula is C26H23IN2O3. The Morgan fingerprint density at radius 1 is 1.03 bits per heavy atom. The lowest BCUT2D eigenvalue weighted by atomic mass is 10.1. The molecule has 32 heavy (non-hydrogen) atoms. The van der Waals surface area contributed by atoms with Crippen molar-refractivity contribution in [1.82, 2.24) is 0 Å². The first-order chi connectivity index (χ1) is 15.5. The molecule has 0 aliphatic carbocycles. The molecule has 0 spiro atoms. The molecule has 1 amide bonds. The van der Waals surface area contributed by atoms with Gasteiger partial charge in [0.2, 0.25) is 0 Å². The van der Waals surface area contributed by atoms with Gasteiger partial charge in [-0.15, -0.1) is 0 Å². The Morgan fingerprint density at radius 3 is 2.44 bits per heavy atom. The molecule has 0 atom stereocenters. The molecule has 0 saturated heterocycles. The predicted octanol–water partition coefficient (Wildman–Crippen LogP) is 5.99. The molecule has 6 heteroatoms. The average molecular weight is 538 g/mol. The van der Waals surface area contributed by atoms with Gasteiger partial charge in [-0.2, -0.15) is 10.1 Å². The molecule has 0 aromatic heterocycles. The van der Waals surface area contributed by atoms with Gasteiger partial charge in [0.25, 0.3) is 5.91 Å². The van der Waals surface area contributed by atoms with Crippen LogP contribution in [0.1, 0.15) is 23.6 Å². The number of benzene rings is 3. The van der Waals surface area contributed by atoms with Gasteiger partial charge < -0.3 is 9.47 Å². The number of anilines is 1. The maximum Gasteiger partial charge on any atom is 0.280 e. The van der Waals surface area contributed by atoms with Crippen LogP contribution in [-0.2, 0) is 11.4 Å². The van der Waals surface area contributed by atoms with Crippen LogP contribution in [0.3, 0.4) is 0 Å². The topological polar surface area (TPSA) is 51.1 Å². The summed E-state index contributed by atoms with van der Waals surface area (Å²) < 4.78 is 12.6. The third-order valence-corrected chi connectivity index (χ3v) is 5.93. The number of halogens is 1. The Bertz CT molecular complexity index is 1200. The van der Waals surface area contributed by atoms with E-state index >= 15 is 0 Å². The van der Waals surface area contributed by atoms with E-state index in [1.165, 1.54) is 10.6 Å². The molecule has 1 aliphatic heterocycles. The second-order valence-electron chi connectivity index (χ2n) is 7.50. The van der Waals surface area contributed by atoms with Crippen LogP contribution < -0.4 is 14.5 Å². The molecule has 1 heterocycles. The Kier molecular flexibility index (Phi) is 6.60. The molecule has 162 valence electrons. The Hall–Kier alpha value is -3.13. The van der Waals surface area contributed by atoms with Crippen LogP contribution in [0, 0.1) is 10.5 Å². The van der Waals surface area contributed by atoms with Crippen molar-refractivity contribution in [2.24, 2.45) is 5.10 Å². The summed E-state index contributed by atoms with van der Waals surface area (Å²) in [5.74, 6) is 1.16. The third-order valence-electron chi connectivity index (χ3n) is 5.13. The lowest BCUT2D eigenvalue weighted by Gasteiger charge is -2.14. The van der Waals surface area contributed by atoms with Crippen LogP contribution in [0.15, 0.2) is 77.4 Å². The van der Waals surface area contributed by atoms with Gasteiger partial charge in [0.05, 0.1) is 27.7 Å². The molecule has 0 radical (unpaired) electrons. The maximum absolute atomic E-state index is 13.0.